The molecular formula is C20H24ClN5O. The first-order chi connectivity index (χ1) is 13.2. The van der Waals surface area contributed by atoms with Crippen LogP contribution in [0.1, 0.15) is 11.1 Å². The molecule has 0 bridgehead atoms. The van der Waals surface area contributed by atoms with Crippen molar-refractivity contribution in [2.24, 2.45) is 4.99 Å². The van der Waals surface area contributed by atoms with Gasteiger partial charge in [-0.1, -0.05) is 23.7 Å². The fourth-order valence-electron chi connectivity index (χ4n) is 3.07. The van der Waals surface area contributed by atoms with Crippen molar-refractivity contribution in [2.45, 2.75) is 13.0 Å². The first-order valence-corrected chi connectivity index (χ1v) is 9.40. The molecule has 0 atom stereocenters. The summed E-state index contributed by atoms with van der Waals surface area (Å²) in [6.45, 7) is 3.14. The number of pyridine rings is 1. The number of amides is 1. The van der Waals surface area contributed by atoms with Gasteiger partial charge in [0.2, 0.25) is 5.91 Å². The van der Waals surface area contributed by atoms with Gasteiger partial charge in [-0.25, -0.2) is 0 Å². The second-order valence-corrected chi connectivity index (χ2v) is 6.88. The van der Waals surface area contributed by atoms with Gasteiger partial charge in [0.05, 0.1) is 6.54 Å². The number of aromatic nitrogens is 1. The van der Waals surface area contributed by atoms with E-state index in [1.807, 2.05) is 46.2 Å². The minimum Gasteiger partial charge on any atom is -0.356 e. The van der Waals surface area contributed by atoms with Gasteiger partial charge < -0.3 is 15.1 Å². The average molecular weight is 386 g/mol. The molecular weight excluding hydrogens is 362 g/mol. The summed E-state index contributed by atoms with van der Waals surface area (Å²) in [5, 5.41) is 4.05. The van der Waals surface area contributed by atoms with E-state index < -0.39 is 0 Å². The number of benzene rings is 1. The van der Waals surface area contributed by atoms with Gasteiger partial charge in [-0.2, -0.15) is 0 Å². The van der Waals surface area contributed by atoms with Crippen LogP contribution in [0.4, 0.5) is 0 Å². The molecule has 0 unspecified atom stereocenters. The quantitative estimate of drug-likeness (QED) is 0.633. The number of carbonyl (C=O) groups excluding carboxylic acids is 1. The summed E-state index contributed by atoms with van der Waals surface area (Å²) in [6, 6.07) is 11.6. The highest BCUT2D eigenvalue weighted by Gasteiger charge is 2.25. The van der Waals surface area contributed by atoms with Gasteiger partial charge in [-0.05, 0) is 41.8 Å². The Morgan fingerprint density at radius 1 is 1.15 bits per heavy atom. The molecule has 0 saturated carbocycles. The predicted octanol–water partition coefficient (Wildman–Crippen LogP) is 2.20. The van der Waals surface area contributed by atoms with E-state index in [4.69, 9.17) is 11.6 Å². The van der Waals surface area contributed by atoms with Crippen LogP contribution in [0.2, 0.25) is 5.02 Å². The van der Waals surface area contributed by atoms with Gasteiger partial charge in [0.1, 0.15) is 0 Å². The van der Waals surface area contributed by atoms with Crippen LogP contribution >= 0.6 is 11.6 Å². The average Bonchev–Trinajstić information content (AvgIpc) is 2.69. The Balaban J connectivity index is 1.49. The molecule has 1 fully saturated rings. The van der Waals surface area contributed by atoms with E-state index in [0.29, 0.717) is 24.7 Å². The molecule has 0 aliphatic carbocycles. The maximum atomic E-state index is 12.6. The van der Waals surface area contributed by atoms with E-state index in [1.54, 1.807) is 19.4 Å². The van der Waals surface area contributed by atoms with Crippen LogP contribution in [0.5, 0.6) is 0 Å². The number of hydrogen-bond donors (Lipinski definition) is 1. The molecule has 0 radical (unpaired) electrons. The Kier molecular flexibility index (Phi) is 6.65. The monoisotopic (exact) mass is 385 g/mol. The highest BCUT2D eigenvalue weighted by molar-refractivity contribution is 6.30. The second-order valence-electron chi connectivity index (χ2n) is 6.44. The van der Waals surface area contributed by atoms with Gasteiger partial charge in [0.25, 0.3) is 0 Å². The number of nitrogens with one attached hydrogen (secondary N) is 1. The topological polar surface area (TPSA) is 60.8 Å². The first-order valence-electron chi connectivity index (χ1n) is 9.02. The molecule has 2 heterocycles. The van der Waals surface area contributed by atoms with Gasteiger partial charge >= 0.3 is 0 Å². The minimum atomic E-state index is 0.105. The van der Waals surface area contributed by atoms with Gasteiger partial charge in [0.15, 0.2) is 5.96 Å². The van der Waals surface area contributed by atoms with Crippen molar-refractivity contribution in [2.75, 3.05) is 33.2 Å². The van der Waals surface area contributed by atoms with Crippen molar-refractivity contribution in [3.63, 3.8) is 0 Å². The van der Waals surface area contributed by atoms with Crippen molar-refractivity contribution in [1.29, 1.82) is 0 Å². The molecule has 142 valence electrons. The van der Waals surface area contributed by atoms with Gasteiger partial charge in [0, 0.05) is 50.6 Å². The summed E-state index contributed by atoms with van der Waals surface area (Å²) < 4.78 is 0. The molecule has 1 N–H and O–H groups in total. The number of carbonyl (C=O) groups is 1. The molecule has 2 aromatic rings. The number of hydrogen-bond acceptors (Lipinski definition) is 3. The zero-order valence-electron chi connectivity index (χ0n) is 15.4. The summed E-state index contributed by atoms with van der Waals surface area (Å²) in [4.78, 5) is 24.8. The third-order valence-electron chi connectivity index (χ3n) is 4.56. The summed E-state index contributed by atoms with van der Waals surface area (Å²) in [7, 11) is 1.75. The summed E-state index contributed by atoms with van der Waals surface area (Å²) in [5.41, 5.74) is 2.30. The Morgan fingerprint density at radius 2 is 1.89 bits per heavy atom. The number of guanidine groups is 1. The highest BCUT2D eigenvalue weighted by atomic mass is 35.5. The van der Waals surface area contributed by atoms with Crippen LogP contribution in [0.25, 0.3) is 0 Å². The Labute approximate surface area is 164 Å². The third-order valence-corrected chi connectivity index (χ3v) is 4.81. The standard InChI is InChI=1S/C20H24ClN5O/c1-22-20(24-11-8-16-6-9-23-10-7-16)26-13-12-25(19(27)15-26)14-17-2-4-18(21)5-3-17/h2-7,9-10H,8,11-15H2,1H3,(H,22,24). The van der Waals surface area contributed by atoms with Crippen LogP contribution in [0, 0.1) is 0 Å². The van der Waals surface area contributed by atoms with Gasteiger partial charge in [-0.15, -0.1) is 0 Å². The number of halogens is 1. The fourth-order valence-corrected chi connectivity index (χ4v) is 3.19. The van der Waals surface area contributed by atoms with E-state index in [1.165, 1.54) is 5.56 Å². The third kappa shape index (κ3) is 5.44. The number of nitrogens with zero attached hydrogens (tertiary/aromatic N) is 4. The lowest BCUT2D eigenvalue weighted by Gasteiger charge is -2.36. The normalized spacial score (nSPS) is 15.2. The molecule has 1 aliphatic heterocycles. The van der Waals surface area contributed by atoms with E-state index >= 15 is 0 Å². The molecule has 3 rings (SSSR count). The Morgan fingerprint density at radius 3 is 2.56 bits per heavy atom. The number of aliphatic imine (C=N–C) groups is 1. The maximum absolute atomic E-state index is 12.6. The smallest absolute Gasteiger partial charge is 0.242 e. The number of piperazine rings is 1. The largest absolute Gasteiger partial charge is 0.356 e. The predicted molar refractivity (Wildman–Crippen MR) is 108 cm³/mol. The van der Waals surface area contributed by atoms with Crippen LogP contribution in [0.3, 0.4) is 0 Å². The zero-order valence-corrected chi connectivity index (χ0v) is 16.2. The SMILES string of the molecule is CN=C(NCCc1ccncc1)N1CCN(Cc2ccc(Cl)cc2)C(=O)C1. The lowest BCUT2D eigenvalue weighted by Crippen LogP contribution is -2.55. The van der Waals surface area contributed by atoms with Crippen LogP contribution in [-0.4, -0.2) is 59.9 Å². The molecule has 1 aliphatic rings. The van der Waals surface area contributed by atoms with Crippen LogP contribution in [0.15, 0.2) is 53.8 Å². The molecule has 1 aromatic heterocycles. The van der Waals surface area contributed by atoms with Crippen molar-refractivity contribution in [3.05, 3.63) is 64.9 Å². The molecule has 6 nitrogen and oxygen atoms in total. The summed E-state index contributed by atoms with van der Waals surface area (Å²) in [6.07, 6.45) is 4.47. The molecule has 7 heteroatoms. The van der Waals surface area contributed by atoms with E-state index in [2.05, 4.69) is 15.3 Å². The van der Waals surface area contributed by atoms with E-state index in [9.17, 15) is 4.79 Å². The Bertz CT molecular complexity index is 779. The van der Waals surface area contributed by atoms with Crippen molar-refractivity contribution in [3.8, 4) is 0 Å². The zero-order chi connectivity index (χ0) is 19.1. The molecule has 0 spiro atoms. The van der Waals surface area contributed by atoms with Crippen molar-refractivity contribution < 1.29 is 4.79 Å². The minimum absolute atomic E-state index is 0.105. The lowest BCUT2D eigenvalue weighted by molar-refractivity contribution is -0.135. The molecule has 1 saturated heterocycles. The maximum Gasteiger partial charge on any atom is 0.242 e. The van der Waals surface area contributed by atoms with Gasteiger partial charge in [-0.3, -0.25) is 14.8 Å². The lowest BCUT2D eigenvalue weighted by atomic mass is 10.2. The first kappa shape index (κ1) is 19.2. The highest BCUT2D eigenvalue weighted by Crippen LogP contribution is 2.13. The van der Waals surface area contributed by atoms with Crippen molar-refractivity contribution in [1.82, 2.24) is 20.1 Å². The van der Waals surface area contributed by atoms with E-state index in [0.717, 1.165) is 31.0 Å². The van der Waals surface area contributed by atoms with Crippen LogP contribution < -0.4 is 5.32 Å². The number of rotatable bonds is 5. The second kappa shape index (κ2) is 9.37. The fraction of sp³-hybridized carbons (Fsp3) is 0.350. The molecule has 27 heavy (non-hydrogen) atoms. The summed E-state index contributed by atoms with van der Waals surface area (Å²) in [5.74, 6) is 0.872. The van der Waals surface area contributed by atoms with Crippen molar-refractivity contribution >= 4 is 23.5 Å². The Hall–Kier alpha value is -2.60. The molecule has 1 amide bonds. The molecule has 1 aromatic carbocycles. The van der Waals surface area contributed by atoms with E-state index in [-0.39, 0.29) is 5.91 Å². The summed E-state index contributed by atoms with van der Waals surface area (Å²) >= 11 is 5.92. The van der Waals surface area contributed by atoms with Crippen LogP contribution in [-0.2, 0) is 17.8 Å².